The third-order valence-corrected chi connectivity index (χ3v) is 6.18. The number of fused-ring (bicyclic) bond motifs is 1. The topological polar surface area (TPSA) is 69.6 Å². The fourth-order valence-electron chi connectivity index (χ4n) is 4.13. The Bertz CT molecular complexity index is 1190. The van der Waals surface area contributed by atoms with Crippen LogP contribution in [0, 0.1) is 13.8 Å². The summed E-state index contributed by atoms with van der Waals surface area (Å²) in [4.78, 5) is 28.1. The first-order valence-corrected chi connectivity index (χ1v) is 11.0. The van der Waals surface area contributed by atoms with Crippen molar-refractivity contribution in [2.24, 2.45) is 0 Å². The van der Waals surface area contributed by atoms with E-state index in [-0.39, 0.29) is 11.8 Å². The van der Waals surface area contributed by atoms with E-state index in [1.165, 1.54) is 0 Å². The second-order valence-corrected chi connectivity index (χ2v) is 8.50. The number of nitrogens with zero attached hydrogens (tertiary/aromatic N) is 1. The van der Waals surface area contributed by atoms with Gasteiger partial charge in [-0.05, 0) is 74.2 Å². The van der Waals surface area contributed by atoms with Crippen LogP contribution in [0.3, 0.4) is 0 Å². The van der Waals surface area contributed by atoms with Crippen LogP contribution in [-0.2, 0) is 0 Å². The lowest BCUT2D eigenvalue weighted by Crippen LogP contribution is -2.32. The Morgan fingerprint density at radius 1 is 1.03 bits per heavy atom. The van der Waals surface area contributed by atoms with Gasteiger partial charge in [-0.15, -0.1) is 0 Å². The highest BCUT2D eigenvalue weighted by Crippen LogP contribution is 2.36. The molecule has 4 rings (SSSR count). The van der Waals surface area contributed by atoms with Gasteiger partial charge >= 0.3 is 0 Å². The first-order chi connectivity index (χ1) is 15.4. The molecule has 32 heavy (non-hydrogen) atoms. The molecule has 1 heterocycles. The van der Waals surface area contributed by atoms with Gasteiger partial charge in [0.1, 0.15) is 0 Å². The van der Waals surface area contributed by atoms with Gasteiger partial charge in [-0.3, -0.25) is 9.59 Å². The number of anilines is 2. The van der Waals surface area contributed by atoms with Crippen molar-refractivity contribution in [3.8, 4) is 0 Å². The predicted molar refractivity (Wildman–Crippen MR) is 128 cm³/mol. The Hall–Kier alpha value is -3.15. The number of benzene rings is 3. The number of carbonyl (C=O) groups is 2. The van der Waals surface area contributed by atoms with Crippen LogP contribution in [0.1, 0.15) is 56.4 Å². The maximum absolute atomic E-state index is 13.6. The number of rotatable bonds is 3. The highest BCUT2D eigenvalue weighted by molar-refractivity contribution is 6.30. The van der Waals surface area contributed by atoms with E-state index in [0.717, 1.165) is 5.56 Å². The second-order valence-electron chi connectivity index (χ2n) is 8.07. The molecule has 3 aromatic carbocycles. The molecule has 5 nitrogen and oxygen atoms in total. The lowest BCUT2D eigenvalue weighted by atomic mass is 10.0. The van der Waals surface area contributed by atoms with Crippen LogP contribution in [0.15, 0.2) is 60.7 Å². The van der Waals surface area contributed by atoms with Gasteiger partial charge in [-0.2, -0.15) is 0 Å². The third-order valence-electron chi connectivity index (χ3n) is 5.95. The molecule has 0 fully saturated rings. The highest BCUT2D eigenvalue weighted by atomic mass is 35.5. The molecule has 0 saturated heterocycles. The van der Waals surface area contributed by atoms with Gasteiger partial charge in [-0.1, -0.05) is 35.9 Å². The molecule has 6 heteroatoms. The molecular weight excluding hydrogens is 424 g/mol. The van der Waals surface area contributed by atoms with Crippen molar-refractivity contribution in [2.45, 2.75) is 32.8 Å². The number of carbonyl (C=O) groups excluding carboxylic acids is 2. The zero-order valence-electron chi connectivity index (χ0n) is 18.1. The largest absolute Gasteiger partial charge is 0.388 e. The quantitative estimate of drug-likeness (QED) is 0.541. The Morgan fingerprint density at radius 2 is 1.78 bits per heavy atom. The molecule has 0 aliphatic carbocycles. The number of amides is 2. The van der Waals surface area contributed by atoms with Crippen molar-refractivity contribution in [3.05, 3.63) is 93.5 Å². The minimum atomic E-state index is -0.665. The SMILES string of the molecule is Cc1ccccc1C(=O)Nc1cccc(C(=O)N2CCCC(O)c3cc(Cl)ccc32)c1C. The number of hydrogen-bond donors (Lipinski definition) is 2. The zero-order valence-corrected chi connectivity index (χ0v) is 18.8. The number of aryl methyl sites for hydroxylation is 1. The van der Waals surface area contributed by atoms with E-state index in [9.17, 15) is 14.7 Å². The first-order valence-electron chi connectivity index (χ1n) is 10.6. The van der Waals surface area contributed by atoms with Gasteiger partial charge in [0, 0.05) is 39.6 Å². The summed E-state index contributed by atoms with van der Waals surface area (Å²) in [5.74, 6) is -0.388. The van der Waals surface area contributed by atoms with E-state index in [0.29, 0.717) is 58.0 Å². The summed E-state index contributed by atoms with van der Waals surface area (Å²) in [6.45, 7) is 4.21. The number of halogens is 1. The van der Waals surface area contributed by atoms with Crippen molar-refractivity contribution in [2.75, 3.05) is 16.8 Å². The van der Waals surface area contributed by atoms with E-state index in [4.69, 9.17) is 11.6 Å². The number of aliphatic hydroxyl groups is 1. The van der Waals surface area contributed by atoms with Gasteiger partial charge in [0.25, 0.3) is 11.8 Å². The maximum Gasteiger partial charge on any atom is 0.258 e. The zero-order chi connectivity index (χ0) is 22.8. The van der Waals surface area contributed by atoms with Crippen LogP contribution >= 0.6 is 11.6 Å². The molecule has 3 aromatic rings. The molecule has 0 saturated carbocycles. The fourth-order valence-corrected chi connectivity index (χ4v) is 4.31. The Balaban J connectivity index is 1.66. The van der Waals surface area contributed by atoms with Gasteiger partial charge in [0.05, 0.1) is 6.10 Å². The molecule has 1 aliphatic rings. The summed E-state index contributed by atoms with van der Waals surface area (Å²) < 4.78 is 0. The average molecular weight is 449 g/mol. The van der Waals surface area contributed by atoms with Gasteiger partial charge in [0.15, 0.2) is 0 Å². The smallest absolute Gasteiger partial charge is 0.258 e. The van der Waals surface area contributed by atoms with E-state index >= 15 is 0 Å². The monoisotopic (exact) mass is 448 g/mol. The summed E-state index contributed by atoms with van der Waals surface area (Å²) >= 11 is 6.14. The average Bonchev–Trinajstić information content (AvgIpc) is 2.93. The molecule has 0 aromatic heterocycles. The molecule has 0 bridgehead atoms. The van der Waals surface area contributed by atoms with E-state index in [2.05, 4.69) is 5.32 Å². The molecule has 164 valence electrons. The number of aliphatic hydroxyl groups excluding tert-OH is 1. The second kappa shape index (κ2) is 9.15. The Morgan fingerprint density at radius 3 is 2.56 bits per heavy atom. The summed E-state index contributed by atoms with van der Waals surface area (Å²) in [6, 6.07) is 17.9. The molecule has 2 amide bonds. The standard InChI is InChI=1S/C26H25ClN2O3/c1-16-7-3-4-8-19(16)25(31)28-22-10-5-9-20(17(22)2)26(32)29-14-6-11-24(30)21-15-18(27)12-13-23(21)29/h3-5,7-10,12-13,15,24,30H,6,11,14H2,1-2H3,(H,28,31). The minimum Gasteiger partial charge on any atom is -0.388 e. The van der Waals surface area contributed by atoms with Gasteiger partial charge < -0.3 is 15.3 Å². The van der Waals surface area contributed by atoms with Crippen LogP contribution in [0.25, 0.3) is 0 Å². The van der Waals surface area contributed by atoms with Gasteiger partial charge in [0.2, 0.25) is 0 Å². The van der Waals surface area contributed by atoms with Crippen LogP contribution in [-0.4, -0.2) is 23.5 Å². The van der Waals surface area contributed by atoms with E-state index in [1.54, 1.807) is 47.4 Å². The number of nitrogens with one attached hydrogen (secondary N) is 1. The van der Waals surface area contributed by atoms with Crippen molar-refractivity contribution in [3.63, 3.8) is 0 Å². The molecule has 1 aliphatic heterocycles. The Labute approximate surface area is 192 Å². The molecule has 2 N–H and O–H groups in total. The molecule has 0 spiro atoms. The third kappa shape index (κ3) is 4.27. The van der Waals surface area contributed by atoms with Crippen LogP contribution in [0.2, 0.25) is 5.02 Å². The number of hydrogen-bond acceptors (Lipinski definition) is 3. The van der Waals surface area contributed by atoms with Crippen molar-refractivity contribution < 1.29 is 14.7 Å². The highest BCUT2D eigenvalue weighted by Gasteiger charge is 2.27. The van der Waals surface area contributed by atoms with Crippen molar-refractivity contribution >= 4 is 34.8 Å². The van der Waals surface area contributed by atoms with Crippen LogP contribution < -0.4 is 10.2 Å². The summed E-state index contributed by atoms with van der Waals surface area (Å²) in [6.07, 6.45) is 0.562. The summed E-state index contributed by atoms with van der Waals surface area (Å²) in [5.41, 5.74) is 4.59. The predicted octanol–water partition coefficient (Wildman–Crippen LogP) is 5.68. The lowest BCUT2D eigenvalue weighted by Gasteiger charge is -2.25. The Kier molecular flexibility index (Phi) is 6.31. The molecular formula is C26H25ClN2O3. The first kappa shape index (κ1) is 22.1. The lowest BCUT2D eigenvalue weighted by molar-refractivity contribution is 0.0983. The van der Waals surface area contributed by atoms with Crippen molar-refractivity contribution in [1.29, 1.82) is 0 Å². The summed E-state index contributed by atoms with van der Waals surface area (Å²) in [7, 11) is 0. The molecule has 1 atom stereocenters. The van der Waals surface area contributed by atoms with Gasteiger partial charge in [-0.25, -0.2) is 0 Å². The normalized spacial score (nSPS) is 15.6. The summed E-state index contributed by atoms with van der Waals surface area (Å²) in [5, 5.41) is 14.0. The van der Waals surface area contributed by atoms with E-state index in [1.807, 2.05) is 32.0 Å². The van der Waals surface area contributed by atoms with E-state index < -0.39 is 6.10 Å². The molecule has 1 unspecified atom stereocenters. The fraction of sp³-hybridized carbons (Fsp3) is 0.231. The minimum absolute atomic E-state index is 0.174. The maximum atomic E-state index is 13.6. The molecule has 0 radical (unpaired) electrons. The van der Waals surface area contributed by atoms with Crippen LogP contribution in [0.5, 0.6) is 0 Å². The van der Waals surface area contributed by atoms with Crippen molar-refractivity contribution in [1.82, 2.24) is 0 Å². The van der Waals surface area contributed by atoms with Crippen LogP contribution in [0.4, 0.5) is 11.4 Å².